The number of hydrogen-bond acceptors (Lipinski definition) is 3. The molecule has 0 aliphatic heterocycles. The third-order valence-corrected chi connectivity index (χ3v) is 1.96. The normalized spacial score (nSPS) is 28.0. The van der Waals surface area contributed by atoms with Gasteiger partial charge in [0.15, 0.2) is 0 Å². The van der Waals surface area contributed by atoms with Crippen molar-refractivity contribution in [1.82, 2.24) is 0 Å². The van der Waals surface area contributed by atoms with Gasteiger partial charge in [0.05, 0.1) is 18.9 Å². The number of halogens is 1. The molecular formula is C7H7ClO3. The van der Waals surface area contributed by atoms with Crippen molar-refractivity contribution in [2.24, 2.45) is 11.8 Å². The molecule has 0 aromatic rings. The van der Waals surface area contributed by atoms with Crippen LogP contribution in [0.1, 0.15) is 0 Å². The molecule has 11 heavy (non-hydrogen) atoms. The van der Waals surface area contributed by atoms with Crippen LogP contribution in [0, 0.1) is 11.8 Å². The lowest BCUT2D eigenvalue weighted by Gasteiger charge is -1.91. The second kappa shape index (κ2) is 2.66. The molecule has 0 heterocycles. The van der Waals surface area contributed by atoms with Gasteiger partial charge in [-0.15, -0.1) is 0 Å². The van der Waals surface area contributed by atoms with E-state index in [0.717, 1.165) is 0 Å². The molecule has 0 saturated heterocycles. The molecule has 0 spiro atoms. The molecule has 0 amide bonds. The second-order valence-corrected chi connectivity index (χ2v) is 2.73. The number of methoxy groups -OCH3 is 1. The Morgan fingerprint density at radius 3 is 2.36 bits per heavy atom. The van der Waals surface area contributed by atoms with Crippen molar-refractivity contribution in [3.05, 3.63) is 12.2 Å². The van der Waals surface area contributed by atoms with Crippen LogP contribution in [-0.4, -0.2) is 18.3 Å². The zero-order valence-corrected chi connectivity index (χ0v) is 6.72. The Balaban J connectivity index is 2.62. The highest BCUT2D eigenvalue weighted by atomic mass is 35.5. The first kappa shape index (κ1) is 8.27. The third-order valence-electron chi connectivity index (χ3n) is 1.72. The minimum atomic E-state index is -0.537. The maximum Gasteiger partial charge on any atom is 0.313 e. The Bertz CT molecular complexity index is 234. The Labute approximate surface area is 69.0 Å². The van der Waals surface area contributed by atoms with Gasteiger partial charge in [-0.3, -0.25) is 9.59 Å². The summed E-state index contributed by atoms with van der Waals surface area (Å²) in [5, 5.41) is -0.537. The average molecular weight is 175 g/mol. The predicted molar refractivity (Wildman–Crippen MR) is 39.0 cm³/mol. The summed E-state index contributed by atoms with van der Waals surface area (Å²) >= 11 is 5.16. The van der Waals surface area contributed by atoms with Crippen LogP contribution in [0.5, 0.6) is 0 Å². The summed E-state index contributed by atoms with van der Waals surface area (Å²) in [6, 6.07) is 0. The van der Waals surface area contributed by atoms with Gasteiger partial charge in [-0.1, -0.05) is 6.58 Å². The van der Waals surface area contributed by atoms with Crippen LogP contribution in [0.25, 0.3) is 0 Å². The molecule has 1 aliphatic rings. The summed E-state index contributed by atoms with van der Waals surface area (Å²) in [4.78, 5) is 21.3. The molecule has 2 atom stereocenters. The number of hydrogen-bond donors (Lipinski definition) is 0. The van der Waals surface area contributed by atoms with E-state index in [0.29, 0.717) is 5.57 Å². The zero-order valence-electron chi connectivity index (χ0n) is 5.96. The van der Waals surface area contributed by atoms with Crippen LogP contribution >= 0.6 is 11.6 Å². The highest BCUT2D eigenvalue weighted by Gasteiger charge is 2.52. The molecule has 1 aliphatic carbocycles. The van der Waals surface area contributed by atoms with Gasteiger partial charge in [0.1, 0.15) is 0 Å². The number of ether oxygens (including phenoxy) is 1. The monoisotopic (exact) mass is 174 g/mol. The predicted octanol–water partition coefficient (Wildman–Crippen LogP) is 0.727. The minimum Gasteiger partial charge on any atom is -0.469 e. The molecule has 0 bridgehead atoms. The van der Waals surface area contributed by atoms with Gasteiger partial charge in [0.2, 0.25) is 5.24 Å². The number of rotatable bonds is 2. The lowest BCUT2D eigenvalue weighted by atomic mass is 10.3. The summed E-state index contributed by atoms with van der Waals surface area (Å²) in [7, 11) is 1.27. The minimum absolute atomic E-state index is 0.436. The number of carbonyl (C=O) groups is 2. The lowest BCUT2D eigenvalue weighted by Crippen LogP contribution is -2.06. The van der Waals surface area contributed by atoms with Gasteiger partial charge in [-0.25, -0.2) is 0 Å². The van der Waals surface area contributed by atoms with Gasteiger partial charge in [0, 0.05) is 0 Å². The van der Waals surface area contributed by atoms with E-state index in [-0.39, 0.29) is 0 Å². The summed E-state index contributed by atoms with van der Waals surface area (Å²) in [5.74, 6) is -1.44. The van der Waals surface area contributed by atoms with Crippen LogP contribution in [0.4, 0.5) is 0 Å². The Kier molecular flexibility index (Phi) is 2.00. The molecule has 60 valence electrons. The lowest BCUT2D eigenvalue weighted by molar-refractivity contribution is -0.142. The second-order valence-electron chi connectivity index (χ2n) is 2.36. The highest BCUT2D eigenvalue weighted by Crippen LogP contribution is 2.46. The number of esters is 1. The van der Waals surface area contributed by atoms with Crippen LogP contribution in [-0.2, 0) is 14.3 Å². The first-order valence-corrected chi connectivity index (χ1v) is 3.43. The van der Waals surface area contributed by atoms with E-state index < -0.39 is 23.0 Å². The zero-order chi connectivity index (χ0) is 8.59. The average Bonchev–Trinajstić information content (AvgIpc) is 2.60. The van der Waals surface area contributed by atoms with Gasteiger partial charge in [0.25, 0.3) is 0 Å². The molecular weight excluding hydrogens is 168 g/mol. The van der Waals surface area contributed by atoms with E-state index in [9.17, 15) is 9.59 Å². The van der Waals surface area contributed by atoms with Gasteiger partial charge < -0.3 is 4.74 Å². The summed E-state index contributed by atoms with van der Waals surface area (Å²) < 4.78 is 4.41. The summed E-state index contributed by atoms with van der Waals surface area (Å²) in [5.41, 5.74) is 0.553. The van der Waals surface area contributed by atoms with E-state index in [1.165, 1.54) is 7.11 Å². The summed E-state index contributed by atoms with van der Waals surface area (Å²) in [6.45, 7) is 3.51. The van der Waals surface area contributed by atoms with Crippen LogP contribution in [0.15, 0.2) is 12.2 Å². The molecule has 1 rings (SSSR count). The van der Waals surface area contributed by atoms with Crippen molar-refractivity contribution in [2.75, 3.05) is 7.11 Å². The fraction of sp³-hybridized carbons (Fsp3) is 0.429. The Morgan fingerprint density at radius 1 is 1.55 bits per heavy atom. The topological polar surface area (TPSA) is 43.4 Å². The molecule has 3 nitrogen and oxygen atoms in total. The highest BCUT2D eigenvalue weighted by molar-refractivity contribution is 6.65. The quantitative estimate of drug-likeness (QED) is 0.352. The van der Waals surface area contributed by atoms with Crippen molar-refractivity contribution < 1.29 is 14.3 Å². The molecule has 1 fully saturated rings. The maximum atomic E-state index is 10.8. The fourth-order valence-corrected chi connectivity index (χ4v) is 1.27. The van der Waals surface area contributed by atoms with E-state index >= 15 is 0 Å². The van der Waals surface area contributed by atoms with Crippen molar-refractivity contribution in [3.8, 4) is 0 Å². The van der Waals surface area contributed by atoms with Crippen molar-refractivity contribution in [2.45, 2.75) is 0 Å². The molecule has 0 aromatic carbocycles. The third kappa shape index (κ3) is 1.28. The van der Waals surface area contributed by atoms with Crippen molar-refractivity contribution in [1.29, 1.82) is 0 Å². The Hall–Kier alpha value is -0.830. The van der Waals surface area contributed by atoms with Crippen LogP contribution < -0.4 is 0 Å². The molecule has 1 saturated carbocycles. The fourth-order valence-electron chi connectivity index (χ4n) is 1.01. The molecule has 4 heteroatoms. The Morgan fingerprint density at radius 2 is 2.09 bits per heavy atom. The van der Waals surface area contributed by atoms with E-state index in [1.54, 1.807) is 0 Å². The smallest absolute Gasteiger partial charge is 0.313 e. The van der Waals surface area contributed by atoms with Crippen molar-refractivity contribution in [3.63, 3.8) is 0 Å². The van der Waals surface area contributed by atoms with Crippen molar-refractivity contribution >= 4 is 22.8 Å². The largest absolute Gasteiger partial charge is 0.469 e. The molecule has 0 N–H and O–H groups in total. The molecule has 2 unspecified atom stereocenters. The first-order chi connectivity index (χ1) is 5.09. The first-order valence-electron chi connectivity index (χ1n) is 3.05. The van der Waals surface area contributed by atoms with E-state index in [4.69, 9.17) is 11.6 Å². The number of carbonyl (C=O) groups excluding carboxylic acids is 2. The molecule has 0 aromatic heterocycles. The van der Waals surface area contributed by atoms with Crippen LogP contribution in [0.3, 0.4) is 0 Å². The molecule has 0 radical (unpaired) electrons. The van der Waals surface area contributed by atoms with E-state index in [1.807, 2.05) is 0 Å². The van der Waals surface area contributed by atoms with Gasteiger partial charge in [-0.05, 0) is 17.2 Å². The van der Waals surface area contributed by atoms with E-state index in [2.05, 4.69) is 11.3 Å². The van der Waals surface area contributed by atoms with Crippen LogP contribution in [0.2, 0.25) is 0 Å². The SMILES string of the molecule is C=C1C(C(=O)Cl)C1C(=O)OC. The standard InChI is InChI=1S/C7H7ClO3/c1-3-4(6(8)9)5(3)7(10)11-2/h4-5H,1H2,2H3. The maximum absolute atomic E-state index is 10.8. The van der Waals surface area contributed by atoms with Gasteiger partial charge >= 0.3 is 5.97 Å². The van der Waals surface area contributed by atoms with Gasteiger partial charge in [-0.2, -0.15) is 0 Å². The summed E-state index contributed by atoms with van der Waals surface area (Å²) in [6.07, 6.45) is 0.